The quantitative estimate of drug-likeness (QED) is 0.238. The molecule has 0 aliphatic rings. The third kappa shape index (κ3) is 5.95. The van der Waals surface area contributed by atoms with Gasteiger partial charge in [0.25, 0.3) is 0 Å². The molecule has 0 unspecified atom stereocenters. The SMILES string of the molecule is C=CCc1cc(/C=C(/C#N)C(N)=S)cc(OCC)c1OCc1ccc(Br)cc1. The average molecular weight is 457 g/mol. The molecule has 4 nitrogen and oxygen atoms in total. The van der Waals surface area contributed by atoms with Crippen LogP contribution in [0.15, 0.2) is 59.1 Å². The first-order valence-electron chi connectivity index (χ1n) is 8.68. The number of allylic oxidation sites excluding steroid dienone is 1. The maximum atomic E-state index is 9.23. The standard InChI is InChI=1S/C22H21BrN2O2S/c1-3-5-17-10-16(11-18(13-24)22(25)28)12-20(26-4-2)21(17)27-14-15-6-8-19(23)9-7-15/h3,6-12H,1,4-5,14H2,2H3,(H2,25,28)/b18-11-. The van der Waals surface area contributed by atoms with Crippen LogP contribution in [0.5, 0.6) is 11.5 Å². The van der Waals surface area contributed by atoms with Crippen LogP contribution in [0.3, 0.4) is 0 Å². The van der Waals surface area contributed by atoms with Gasteiger partial charge in [-0.3, -0.25) is 0 Å². The van der Waals surface area contributed by atoms with E-state index >= 15 is 0 Å². The van der Waals surface area contributed by atoms with Crippen LogP contribution in [0, 0.1) is 11.3 Å². The summed E-state index contributed by atoms with van der Waals surface area (Å²) >= 11 is 8.36. The fourth-order valence-electron chi connectivity index (χ4n) is 2.56. The van der Waals surface area contributed by atoms with Crippen molar-refractivity contribution in [3.05, 3.63) is 75.8 Å². The molecule has 0 heterocycles. The molecule has 0 radical (unpaired) electrons. The molecule has 0 saturated carbocycles. The van der Waals surface area contributed by atoms with Gasteiger partial charge < -0.3 is 15.2 Å². The molecule has 0 bridgehead atoms. The molecule has 6 heteroatoms. The molecule has 0 amide bonds. The molecule has 144 valence electrons. The zero-order valence-electron chi connectivity index (χ0n) is 15.6. The summed E-state index contributed by atoms with van der Waals surface area (Å²) in [5.41, 5.74) is 8.56. The van der Waals surface area contributed by atoms with E-state index in [9.17, 15) is 5.26 Å². The Hall–Kier alpha value is -2.62. The first kappa shape index (κ1) is 21.7. The summed E-state index contributed by atoms with van der Waals surface area (Å²) in [7, 11) is 0. The third-order valence-corrected chi connectivity index (χ3v) is 4.56. The van der Waals surface area contributed by atoms with Gasteiger partial charge in [0.05, 0.1) is 12.2 Å². The van der Waals surface area contributed by atoms with Gasteiger partial charge in [0.1, 0.15) is 17.7 Å². The van der Waals surface area contributed by atoms with Gasteiger partial charge in [-0.25, -0.2) is 0 Å². The first-order valence-corrected chi connectivity index (χ1v) is 9.88. The Kier molecular flexibility index (Phi) is 8.24. The van der Waals surface area contributed by atoms with Crippen molar-refractivity contribution in [3.63, 3.8) is 0 Å². The molecule has 0 aromatic heterocycles. The van der Waals surface area contributed by atoms with Gasteiger partial charge in [-0.05, 0) is 54.8 Å². The van der Waals surface area contributed by atoms with Crippen LogP contribution < -0.4 is 15.2 Å². The summed E-state index contributed by atoms with van der Waals surface area (Å²) in [4.78, 5) is 0.0568. The van der Waals surface area contributed by atoms with Crippen molar-refractivity contribution < 1.29 is 9.47 Å². The smallest absolute Gasteiger partial charge is 0.165 e. The number of halogens is 1. The average Bonchev–Trinajstić information content (AvgIpc) is 2.67. The highest BCUT2D eigenvalue weighted by Gasteiger charge is 2.14. The molecule has 0 saturated heterocycles. The third-order valence-electron chi connectivity index (χ3n) is 3.81. The summed E-state index contributed by atoms with van der Waals surface area (Å²) in [6.07, 6.45) is 4.03. The first-order chi connectivity index (χ1) is 13.5. The van der Waals surface area contributed by atoms with Crippen LogP contribution in [0.1, 0.15) is 23.6 Å². The van der Waals surface area contributed by atoms with Crippen molar-refractivity contribution in [2.75, 3.05) is 6.61 Å². The minimum atomic E-state index is 0.0568. The van der Waals surface area contributed by atoms with Crippen molar-refractivity contribution in [1.82, 2.24) is 0 Å². The van der Waals surface area contributed by atoms with E-state index < -0.39 is 0 Å². The maximum Gasteiger partial charge on any atom is 0.165 e. The van der Waals surface area contributed by atoms with E-state index in [1.54, 1.807) is 12.2 Å². The number of ether oxygens (including phenoxy) is 2. The van der Waals surface area contributed by atoms with E-state index in [1.807, 2.05) is 49.4 Å². The molecular formula is C22H21BrN2O2S. The number of nitriles is 1. The molecule has 0 aliphatic heterocycles. The number of benzene rings is 2. The number of rotatable bonds is 9. The molecule has 2 N–H and O–H groups in total. The second-order valence-electron chi connectivity index (χ2n) is 5.88. The number of nitrogens with two attached hydrogens (primary N) is 1. The van der Waals surface area contributed by atoms with Gasteiger partial charge in [0.15, 0.2) is 11.5 Å². The Labute approximate surface area is 179 Å². The van der Waals surface area contributed by atoms with E-state index in [-0.39, 0.29) is 10.6 Å². The van der Waals surface area contributed by atoms with Crippen molar-refractivity contribution in [1.29, 1.82) is 5.26 Å². The lowest BCUT2D eigenvalue weighted by atomic mass is 10.0. The Morgan fingerprint density at radius 3 is 2.57 bits per heavy atom. The molecule has 2 rings (SSSR count). The van der Waals surface area contributed by atoms with Gasteiger partial charge in [0.2, 0.25) is 0 Å². The molecule has 2 aromatic rings. The number of hydrogen-bond donors (Lipinski definition) is 1. The molecule has 0 aliphatic carbocycles. The van der Waals surface area contributed by atoms with Crippen LogP contribution >= 0.6 is 28.1 Å². The molecule has 2 aromatic carbocycles. The zero-order chi connectivity index (χ0) is 20.5. The highest BCUT2D eigenvalue weighted by atomic mass is 79.9. The fourth-order valence-corrected chi connectivity index (χ4v) is 2.93. The topological polar surface area (TPSA) is 68.3 Å². The van der Waals surface area contributed by atoms with Crippen LogP contribution in [-0.2, 0) is 13.0 Å². The summed E-state index contributed by atoms with van der Waals surface area (Å²) in [6.45, 7) is 6.62. The maximum absolute atomic E-state index is 9.23. The predicted octanol–water partition coefficient (Wildman–Crippen LogP) is 5.35. The number of hydrogen-bond acceptors (Lipinski definition) is 4. The predicted molar refractivity (Wildman–Crippen MR) is 120 cm³/mol. The van der Waals surface area contributed by atoms with Gasteiger partial charge in [-0.2, -0.15) is 5.26 Å². The highest BCUT2D eigenvalue weighted by molar-refractivity contribution is 9.10. The summed E-state index contributed by atoms with van der Waals surface area (Å²) in [5.74, 6) is 1.26. The minimum Gasteiger partial charge on any atom is -0.490 e. The number of nitrogens with zero attached hydrogens (tertiary/aromatic N) is 1. The van der Waals surface area contributed by atoms with Crippen LogP contribution in [0.4, 0.5) is 0 Å². The van der Waals surface area contributed by atoms with Crippen molar-refractivity contribution >= 4 is 39.2 Å². The zero-order valence-corrected chi connectivity index (χ0v) is 18.0. The number of thiocarbonyl (C=S) groups is 1. The van der Waals surface area contributed by atoms with Crippen molar-refractivity contribution in [3.8, 4) is 17.6 Å². The van der Waals surface area contributed by atoms with E-state index in [0.717, 1.165) is 21.2 Å². The lowest BCUT2D eigenvalue weighted by Gasteiger charge is -2.17. The van der Waals surface area contributed by atoms with E-state index in [1.165, 1.54) is 0 Å². The largest absolute Gasteiger partial charge is 0.490 e. The van der Waals surface area contributed by atoms with Crippen molar-refractivity contribution in [2.45, 2.75) is 20.0 Å². The van der Waals surface area contributed by atoms with Gasteiger partial charge in [-0.15, -0.1) is 6.58 Å². The molecule has 0 fully saturated rings. The fraction of sp³-hybridized carbons (Fsp3) is 0.182. The second-order valence-corrected chi connectivity index (χ2v) is 7.24. The lowest BCUT2D eigenvalue weighted by molar-refractivity contribution is 0.267. The monoisotopic (exact) mass is 456 g/mol. The van der Waals surface area contributed by atoms with E-state index in [2.05, 4.69) is 22.5 Å². The Balaban J connectivity index is 2.44. The molecular weight excluding hydrogens is 436 g/mol. The Morgan fingerprint density at radius 2 is 2.00 bits per heavy atom. The molecule has 0 atom stereocenters. The summed E-state index contributed by atoms with van der Waals surface area (Å²) < 4.78 is 12.9. The van der Waals surface area contributed by atoms with Crippen molar-refractivity contribution in [2.24, 2.45) is 5.73 Å². The van der Waals surface area contributed by atoms with E-state index in [0.29, 0.717) is 31.1 Å². The summed E-state index contributed by atoms with van der Waals surface area (Å²) in [5, 5.41) is 9.23. The highest BCUT2D eigenvalue weighted by Crippen LogP contribution is 2.35. The Bertz CT molecular complexity index is 931. The van der Waals surface area contributed by atoms with Crippen LogP contribution in [-0.4, -0.2) is 11.6 Å². The Morgan fingerprint density at radius 1 is 1.29 bits per heavy atom. The van der Waals surface area contributed by atoms with Gasteiger partial charge in [0, 0.05) is 10.0 Å². The summed E-state index contributed by atoms with van der Waals surface area (Å²) in [6, 6.07) is 13.7. The second kappa shape index (κ2) is 10.6. The van der Waals surface area contributed by atoms with Gasteiger partial charge in [-0.1, -0.05) is 46.4 Å². The normalized spacial score (nSPS) is 10.8. The van der Waals surface area contributed by atoms with E-state index in [4.69, 9.17) is 27.4 Å². The van der Waals surface area contributed by atoms with Crippen LogP contribution in [0.25, 0.3) is 6.08 Å². The van der Waals surface area contributed by atoms with Crippen LogP contribution in [0.2, 0.25) is 0 Å². The lowest BCUT2D eigenvalue weighted by Crippen LogP contribution is -2.09. The molecule has 28 heavy (non-hydrogen) atoms. The minimum absolute atomic E-state index is 0.0568. The molecule has 0 spiro atoms. The van der Waals surface area contributed by atoms with Gasteiger partial charge >= 0.3 is 0 Å².